The van der Waals surface area contributed by atoms with Crippen molar-refractivity contribution in [3.63, 3.8) is 0 Å². The Bertz CT molecular complexity index is 955. The van der Waals surface area contributed by atoms with Crippen LogP contribution in [0.4, 0.5) is 5.13 Å². The highest BCUT2D eigenvalue weighted by molar-refractivity contribution is 7.99. The van der Waals surface area contributed by atoms with Crippen molar-refractivity contribution < 1.29 is 9.53 Å². The SMILES string of the molecule is C=CCn1c(COc2ccc(C)c(C)c2)nnc1SCC(=O)Nc1nncs1. The molecule has 2 heterocycles. The Labute approximate surface area is 171 Å². The number of aromatic nitrogens is 5. The Morgan fingerprint density at radius 1 is 1.32 bits per heavy atom. The van der Waals surface area contributed by atoms with Gasteiger partial charge in [0.2, 0.25) is 11.0 Å². The lowest BCUT2D eigenvalue weighted by molar-refractivity contribution is -0.113. The average Bonchev–Trinajstić information content (AvgIpc) is 3.31. The average molecular weight is 417 g/mol. The fraction of sp³-hybridized carbons (Fsp3) is 0.278. The summed E-state index contributed by atoms with van der Waals surface area (Å²) in [7, 11) is 0. The van der Waals surface area contributed by atoms with Crippen LogP contribution in [-0.4, -0.2) is 36.6 Å². The molecule has 0 unspecified atom stereocenters. The van der Waals surface area contributed by atoms with Gasteiger partial charge in [-0.3, -0.25) is 14.7 Å². The smallest absolute Gasteiger partial charge is 0.236 e. The van der Waals surface area contributed by atoms with Crippen LogP contribution in [0.3, 0.4) is 0 Å². The molecule has 3 rings (SSSR count). The van der Waals surface area contributed by atoms with Gasteiger partial charge in [0.05, 0.1) is 5.75 Å². The maximum absolute atomic E-state index is 12.0. The van der Waals surface area contributed by atoms with E-state index >= 15 is 0 Å². The number of anilines is 1. The highest BCUT2D eigenvalue weighted by atomic mass is 32.2. The van der Waals surface area contributed by atoms with E-state index in [-0.39, 0.29) is 18.3 Å². The monoisotopic (exact) mass is 416 g/mol. The second-order valence-corrected chi connectivity index (χ2v) is 7.69. The Hall–Kier alpha value is -2.72. The summed E-state index contributed by atoms with van der Waals surface area (Å²) in [4.78, 5) is 12.0. The molecule has 0 aliphatic rings. The highest BCUT2D eigenvalue weighted by Crippen LogP contribution is 2.21. The maximum atomic E-state index is 12.0. The predicted octanol–water partition coefficient (Wildman–Crippen LogP) is 3.24. The van der Waals surface area contributed by atoms with Crippen molar-refractivity contribution in [2.45, 2.75) is 32.2 Å². The molecule has 0 saturated carbocycles. The minimum atomic E-state index is -0.178. The van der Waals surface area contributed by atoms with Crippen LogP contribution in [-0.2, 0) is 17.9 Å². The number of rotatable bonds is 9. The predicted molar refractivity (Wildman–Crippen MR) is 110 cm³/mol. The van der Waals surface area contributed by atoms with E-state index in [9.17, 15) is 4.79 Å². The van der Waals surface area contributed by atoms with Gasteiger partial charge >= 0.3 is 0 Å². The summed E-state index contributed by atoms with van der Waals surface area (Å²) in [5, 5.41) is 19.7. The van der Waals surface area contributed by atoms with Crippen LogP contribution in [0.5, 0.6) is 5.75 Å². The zero-order chi connectivity index (χ0) is 19.9. The van der Waals surface area contributed by atoms with Crippen LogP contribution in [0.1, 0.15) is 17.0 Å². The third-order valence-electron chi connectivity index (χ3n) is 3.89. The first-order valence-electron chi connectivity index (χ1n) is 8.48. The van der Waals surface area contributed by atoms with E-state index in [1.807, 2.05) is 29.7 Å². The molecule has 3 aromatic rings. The van der Waals surface area contributed by atoms with Crippen molar-refractivity contribution in [1.82, 2.24) is 25.0 Å². The second kappa shape index (κ2) is 9.47. The molecule has 0 fully saturated rings. The molecule has 8 nitrogen and oxygen atoms in total. The van der Waals surface area contributed by atoms with Gasteiger partial charge in [-0.2, -0.15) is 0 Å². The number of carbonyl (C=O) groups is 1. The number of carbonyl (C=O) groups excluding carboxylic acids is 1. The quantitative estimate of drug-likeness (QED) is 0.423. The van der Waals surface area contributed by atoms with E-state index in [1.165, 1.54) is 34.2 Å². The summed E-state index contributed by atoms with van der Waals surface area (Å²) in [6.45, 7) is 8.69. The molecule has 2 aromatic heterocycles. The van der Waals surface area contributed by atoms with E-state index in [1.54, 1.807) is 11.6 Å². The zero-order valence-electron chi connectivity index (χ0n) is 15.6. The first-order valence-corrected chi connectivity index (χ1v) is 10.3. The van der Waals surface area contributed by atoms with Gasteiger partial charge in [0.1, 0.15) is 17.9 Å². The van der Waals surface area contributed by atoms with E-state index in [0.717, 1.165) is 5.75 Å². The van der Waals surface area contributed by atoms with Gasteiger partial charge in [-0.25, -0.2) is 0 Å². The van der Waals surface area contributed by atoms with Crippen molar-refractivity contribution in [2.75, 3.05) is 11.1 Å². The van der Waals surface area contributed by atoms with E-state index in [0.29, 0.717) is 22.7 Å². The Kier molecular flexibility index (Phi) is 6.77. The Balaban J connectivity index is 1.62. The van der Waals surface area contributed by atoms with Crippen molar-refractivity contribution in [3.8, 4) is 5.75 Å². The van der Waals surface area contributed by atoms with Gasteiger partial charge in [-0.1, -0.05) is 35.2 Å². The number of benzene rings is 1. The summed E-state index contributed by atoms with van der Waals surface area (Å²) in [5.74, 6) is 1.46. The summed E-state index contributed by atoms with van der Waals surface area (Å²) in [6, 6.07) is 5.96. The standard InChI is InChI=1S/C18H20N6O2S2/c1-4-7-24-15(9-26-14-6-5-12(2)13(3)8-14)21-23-18(24)27-10-16(25)20-17-22-19-11-28-17/h4-6,8,11H,1,7,9-10H2,2-3H3,(H,20,22,25). The molecule has 0 spiro atoms. The molecular formula is C18H20N6O2S2. The number of nitrogens with one attached hydrogen (secondary N) is 1. The van der Waals surface area contributed by atoms with Gasteiger partial charge in [0.25, 0.3) is 0 Å². The van der Waals surface area contributed by atoms with Gasteiger partial charge in [-0.05, 0) is 37.1 Å². The highest BCUT2D eigenvalue weighted by Gasteiger charge is 2.15. The van der Waals surface area contributed by atoms with Crippen LogP contribution >= 0.6 is 23.1 Å². The van der Waals surface area contributed by atoms with E-state index < -0.39 is 0 Å². The summed E-state index contributed by atoms with van der Waals surface area (Å²) in [6.07, 6.45) is 1.76. The van der Waals surface area contributed by atoms with Gasteiger partial charge in [0.15, 0.2) is 11.0 Å². The first-order chi connectivity index (χ1) is 13.6. The third kappa shape index (κ3) is 5.17. The molecule has 0 radical (unpaired) electrons. The van der Waals surface area contributed by atoms with Gasteiger partial charge in [-0.15, -0.1) is 27.0 Å². The summed E-state index contributed by atoms with van der Waals surface area (Å²) in [5.41, 5.74) is 3.95. The topological polar surface area (TPSA) is 94.8 Å². The summed E-state index contributed by atoms with van der Waals surface area (Å²) < 4.78 is 7.75. The molecule has 0 aliphatic heterocycles. The van der Waals surface area contributed by atoms with Crippen LogP contribution in [0.15, 0.2) is 41.5 Å². The first kappa shape index (κ1) is 20.0. The number of allylic oxidation sites excluding steroid dienone is 1. The lowest BCUT2D eigenvalue weighted by Gasteiger charge is -2.10. The molecular weight excluding hydrogens is 396 g/mol. The minimum Gasteiger partial charge on any atom is -0.486 e. The molecule has 1 aromatic carbocycles. The maximum Gasteiger partial charge on any atom is 0.236 e. The lowest BCUT2D eigenvalue weighted by atomic mass is 10.1. The number of ether oxygens (including phenoxy) is 1. The molecule has 28 heavy (non-hydrogen) atoms. The fourth-order valence-corrected chi connectivity index (χ4v) is 3.54. The van der Waals surface area contributed by atoms with Gasteiger partial charge in [0, 0.05) is 6.54 Å². The lowest BCUT2D eigenvalue weighted by Crippen LogP contribution is -2.15. The fourth-order valence-electron chi connectivity index (χ4n) is 2.31. The number of aryl methyl sites for hydroxylation is 2. The second-order valence-electron chi connectivity index (χ2n) is 5.91. The van der Waals surface area contributed by atoms with Crippen molar-refractivity contribution in [3.05, 3.63) is 53.3 Å². The van der Waals surface area contributed by atoms with E-state index in [4.69, 9.17) is 4.74 Å². The third-order valence-corrected chi connectivity index (χ3v) is 5.46. The van der Waals surface area contributed by atoms with Crippen molar-refractivity contribution >= 4 is 34.1 Å². The molecule has 1 amide bonds. The normalized spacial score (nSPS) is 10.6. The van der Waals surface area contributed by atoms with Crippen LogP contribution in [0.25, 0.3) is 0 Å². The molecule has 0 atom stereocenters. The molecule has 1 N–H and O–H groups in total. The van der Waals surface area contributed by atoms with Crippen LogP contribution in [0.2, 0.25) is 0 Å². The minimum absolute atomic E-state index is 0.178. The number of hydrogen-bond donors (Lipinski definition) is 1. The largest absolute Gasteiger partial charge is 0.486 e. The molecule has 10 heteroatoms. The molecule has 0 bridgehead atoms. The van der Waals surface area contributed by atoms with Crippen LogP contribution < -0.4 is 10.1 Å². The Morgan fingerprint density at radius 2 is 2.18 bits per heavy atom. The summed E-state index contributed by atoms with van der Waals surface area (Å²) >= 11 is 2.56. The number of amides is 1. The number of nitrogens with zero attached hydrogens (tertiary/aromatic N) is 5. The Morgan fingerprint density at radius 3 is 2.89 bits per heavy atom. The number of hydrogen-bond acceptors (Lipinski definition) is 8. The molecule has 0 saturated heterocycles. The van der Waals surface area contributed by atoms with Crippen molar-refractivity contribution in [1.29, 1.82) is 0 Å². The van der Waals surface area contributed by atoms with E-state index in [2.05, 4.69) is 39.2 Å². The van der Waals surface area contributed by atoms with Crippen LogP contribution in [0, 0.1) is 13.8 Å². The van der Waals surface area contributed by atoms with Gasteiger partial charge < -0.3 is 4.74 Å². The molecule has 0 aliphatic carbocycles. The number of thioether (sulfide) groups is 1. The zero-order valence-corrected chi connectivity index (χ0v) is 17.2. The molecule has 146 valence electrons. The van der Waals surface area contributed by atoms with Crippen molar-refractivity contribution in [2.24, 2.45) is 0 Å².